The molecule has 1 atom stereocenters. The maximum atomic E-state index is 10.00. The van der Waals surface area contributed by atoms with Crippen molar-refractivity contribution >= 4 is 17.0 Å². The topological polar surface area (TPSA) is 95.2 Å². The van der Waals surface area contributed by atoms with Gasteiger partial charge in [0.2, 0.25) is 5.95 Å². The fourth-order valence-electron chi connectivity index (χ4n) is 3.41. The molecule has 118 valence electrons. The normalized spacial score (nSPS) is 28.5. The fraction of sp³-hybridized carbons (Fsp3) is 0.600. The molecule has 0 aromatic carbocycles. The number of aliphatic hydroxyl groups is 2. The lowest BCUT2D eigenvalue weighted by molar-refractivity contribution is 0.116. The van der Waals surface area contributed by atoms with Crippen molar-refractivity contribution in [1.29, 1.82) is 0 Å². The molecule has 1 unspecified atom stereocenters. The predicted octanol–water partition coefficient (Wildman–Crippen LogP) is 0.741. The van der Waals surface area contributed by atoms with E-state index in [-0.39, 0.29) is 6.10 Å². The van der Waals surface area contributed by atoms with E-state index >= 15 is 0 Å². The molecule has 1 saturated carbocycles. The van der Waals surface area contributed by atoms with Gasteiger partial charge in [-0.2, -0.15) is 4.98 Å². The zero-order valence-electron chi connectivity index (χ0n) is 12.4. The Morgan fingerprint density at radius 1 is 1.23 bits per heavy atom. The molecule has 7 nitrogen and oxygen atoms in total. The van der Waals surface area contributed by atoms with Crippen LogP contribution < -0.4 is 10.6 Å². The molecular weight excluding hydrogens is 282 g/mol. The summed E-state index contributed by atoms with van der Waals surface area (Å²) in [6, 6.07) is 2.26. The molecule has 7 heteroatoms. The molecule has 1 aliphatic heterocycles. The fourth-order valence-corrected chi connectivity index (χ4v) is 3.41. The third-order valence-corrected chi connectivity index (χ3v) is 4.65. The van der Waals surface area contributed by atoms with Gasteiger partial charge < -0.3 is 20.1 Å². The van der Waals surface area contributed by atoms with Crippen LogP contribution in [0.2, 0.25) is 0 Å². The van der Waals surface area contributed by atoms with Gasteiger partial charge in [-0.15, -0.1) is 0 Å². The minimum Gasteiger partial charge on any atom is -0.393 e. The average Bonchev–Trinajstić information content (AvgIpc) is 2.89. The van der Waals surface area contributed by atoms with Gasteiger partial charge in [-0.1, -0.05) is 0 Å². The monoisotopic (exact) mass is 303 g/mol. The smallest absolute Gasteiger partial charge is 0.224 e. The lowest BCUT2D eigenvalue weighted by Crippen LogP contribution is -2.32. The highest BCUT2D eigenvalue weighted by molar-refractivity contribution is 5.78. The first-order valence-corrected chi connectivity index (χ1v) is 7.93. The number of aliphatic hydroxyl groups excluding tert-OH is 2. The zero-order valence-corrected chi connectivity index (χ0v) is 12.4. The Morgan fingerprint density at radius 2 is 2.05 bits per heavy atom. The lowest BCUT2D eigenvalue weighted by atomic mass is 9.93. The van der Waals surface area contributed by atoms with Crippen molar-refractivity contribution in [2.45, 2.75) is 50.6 Å². The number of nitrogens with zero attached hydrogens (tertiary/aromatic N) is 3. The van der Waals surface area contributed by atoms with E-state index in [9.17, 15) is 10.2 Å². The summed E-state index contributed by atoms with van der Waals surface area (Å²) in [5.74, 6) is 0.628. The molecule has 22 heavy (non-hydrogen) atoms. The van der Waals surface area contributed by atoms with Crippen LogP contribution in [-0.4, -0.2) is 43.4 Å². The van der Waals surface area contributed by atoms with E-state index < -0.39 is 6.23 Å². The largest absolute Gasteiger partial charge is 0.393 e. The maximum Gasteiger partial charge on any atom is 0.224 e. The predicted molar refractivity (Wildman–Crippen MR) is 82.4 cm³/mol. The Bertz CT molecular complexity index is 678. The molecule has 4 N–H and O–H groups in total. The molecule has 2 aromatic rings. The Kier molecular flexibility index (Phi) is 3.48. The van der Waals surface area contributed by atoms with E-state index in [1.54, 1.807) is 6.20 Å². The van der Waals surface area contributed by atoms with Crippen LogP contribution in [0.3, 0.4) is 0 Å². The molecule has 1 fully saturated rings. The lowest BCUT2D eigenvalue weighted by Gasteiger charge is -2.26. The minimum atomic E-state index is -0.640. The number of fused-ring (bicyclic) bond motifs is 3. The van der Waals surface area contributed by atoms with Gasteiger partial charge in [0.1, 0.15) is 11.9 Å². The van der Waals surface area contributed by atoms with Crippen LogP contribution in [0.1, 0.15) is 37.6 Å². The Labute approximate surface area is 128 Å². The van der Waals surface area contributed by atoms with Gasteiger partial charge in [0.15, 0.2) is 0 Å². The summed E-state index contributed by atoms with van der Waals surface area (Å²) >= 11 is 0. The second-order valence-electron chi connectivity index (χ2n) is 6.20. The molecule has 0 bridgehead atoms. The van der Waals surface area contributed by atoms with Gasteiger partial charge in [-0.25, -0.2) is 4.98 Å². The number of rotatable bonds is 2. The SMILES string of the molecule is OC1NCCn2c1cc1cnc(N[C@H]3CC[C@H](O)CC3)nc12. The van der Waals surface area contributed by atoms with Gasteiger partial charge in [0, 0.05) is 30.7 Å². The molecule has 4 rings (SSSR count). The first-order valence-electron chi connectivity index (χ1n) is 7.93. The van der Waals surface area contributed by atoms with Crippen LogP contribution in [0.5, 0.6) is 0 Å². The second-order valence-corrected chi connectivity index (χ2v) is 6.20. The highest BCUT2D eigenvalue weighted by Gasteiger charge is 2.22. The molecule has 3 heterocycles. The third-order valence-electron chi connectivity index (χ3n) is 4.65. The van der Waals surface area contributed by atoms with Crippen molar-refractivity contribution in [3.63, 3.8) is 0 Å². The summed E-state index contributed by atoms with van der Waals surface area (Å²) in [6.45, 7) is 1.52. The van der Waals surface area contributed by atoms with E-state index in [0.29, 0.717) is 12.0 Å². The summed E-state index contributed by atoms with van der Waals surface area (Å²) < 4.78 is 2.05. The molecule has 0 saturated heterocycles. The number of hydrogen-bond acceptors (Lipinski definition) is 6. The molecule has 1 aliphatic carbocycles. The molecule has 2 aromatic heterocycles. The van der Waals surface area contributed by atoms with E-state index in [1.807, 2.05) is 10.6 Å². The number of hydrogen-bond donors (Lipinski definition) is 4. The first-order chi connectivity index (χ1) is 10.7. The molecule has 0 spiro atoms. The molecule has 2 aliphatic rings. The Hall–Kier alpha value is -1.70. The Balaban J connectivity index is 1.60. The van der Waals surface area contributed by atoms with Crippen molar-refractivity contribution in [1.82, 2.24) is 19.9 Å². The van der Waals surface area contributed by atoms with Crippen LogP contribution in [0.15, 0.2) is 12.3 Å². The maximum absolute atomic E-state index is 10.00. The van der Waals surface area contributed by atoms with Crippen LogP contribution in [0.4, 0.5) is 5.95 Å². The summed E-state index contributed by atoms with van der Waals surface area (Å²) in [6.07, 6.45) is 4.55. The minimum absolute atomic E-state index is 0.159. The van der Waals surface area contributed by atoms with Gasteiger partial charge >= 0.3 is 0 Å². The van der Waals surface area contributed by atoms with E-state index in [0.717, 1.165) is 55.5 Å². The van der Waals surface area contributed by atoms with Crippen LogP contribution in [0, 0.1) is 0 Å². The van der Waals surface area contributed by atoms with E-state index in [1.165, 1.54) is 0 Å². The van der Waals surface area contributed by atoms with Crippen LogP contribution in [0.25, 0.3) is 11.0 Å². The highest BCUT2D eigenvalue weighted by atomic mass is 16.3. The van der Waals surface area contributed by atoms with Crippen LogP contribution >= 0.6 is 0 Å². The summed E-state index contributed by atoms with van der Waals surface area (Å²) in [7, 11) is 0. The van der Waals surface area contributed by atoms with Crippen molar-refractivity contribution in [3.8, 4) is 0 Å². The van der Waals surface area contributed by atoms with Gasteiger partial charge in [0.25, 0.3) is 0 Å². The van der Waals surface area contributed by atoms with Gasteiger partial charge in [0.05, 0.1) is 11.8 Å². The zero-order chi connectivity index (χ0) is 15.1. The number of nitrogens with one attached hydrogen (secondary N) is 2. The number of anilines is 1. The van der Waals surface area contributed by atoms with E-state index in [4.69, 9.17) is 0 Å². The molecule has 0 amide bonds. The van der Waals surface area contributed by atoms with Crippen LogP contribution in [-0.2, 0) is 6.54 Å². The van der Waals surface area contributed by atoms with Gasteiger partial charge in [-0.05, 0) is 31.7 Å². The highest BCUT2D eigenvalue weighted by Crippen LogP contribution is 2.26. The van der Waals surface area contributed by atoms with E-state index in [2.05, 4.69) is 20.6 Å². The van der Waals surface area contributed by atoms with Crippen molar-refractivity contribution in [2.75, 3.05) is 11.9 Å². The van der Waals surface area contributed by atoms with Crippen molar-refractivity contribution < 1.29 is 10.2 Å². The summed E-state index contributed by atoms with van der Waals surface area (Å²) in [4.78, 5) is 9.02. The Morgan fingerprint density at radius 3 is 2.86 bits per heavy atom. The quantitative estimate of drug-likeness (QED) is 0.654. The van der Waals surface area contributed by atoms with Crippen molar-refractivity contribution in [2.24, 2.45) is 0 Å². The molecule has 0 radical (unpaired) electrons. The third kappa shape index (κ3) is 2.45. The average molecular weight is 303 g/mol. The van der Waals surface area contributed by atoms with Crippen molar-refractivity contribution in [3.05, 3.63) is 18.0 Å². The second kappa shape index (κ2) is 5.49. The standard InChI is InChI=1S/C15H21N5O2/c21-11-3-1-10(2-4-11)18-15-17-8-9-7-12-14(22)16-5-6-20(12)13(9)19-15/h7-8,10-11,14,16,21-22H,1-6H2,(H,17,18,19)/t10-,11-,14?. The van der Waals surface area contributed by atoms with Gasteiger partial charge in [-0.3, -0.25) is 5.32 Å². The summed E-state index contributed by atoms with van der Waals surface area (Å²) in [5.41, 5.74) is 1.71. The number of aromatic nitrogens is 3. The summed E-state index contributed by atoms with van der Waals surface area (Å²) in [5, 5.41) is 26.9. The molecular formula is C15H21N5O2. The first kappa shape index (κ1) is 13.9.